The van der Waals surface area contributed by atoms with E-state index in [9.17, 15) is 0 Å². The van der Waals surface area contributed by atoms with Gasteiger partial charge in [0.15, 0.2) is 6.39 Å². The molecule has 0 aliphatic heterocycles. The number of hydrogen-bond acceptors (Lipinski definition) is 5. The Hall–Kier alpha value is -1.07. The Bertz CT molecular complexity index is 188. The van der Waals surface area contributed by atoms with Crippen LogP contribution >= 0.6 is 0 Å². The summed E-state index contributed by atoms with van der Waals surface area (Å²) >= 11 is 0. The maximum absolute atomic E-state index is 8.88. The van der Waals surface area contributed by atoms with Gasteiger partial charge in [-0.2, -0.15) is 0 Å². The van der Waals surface area contributed by atoms with E-state index in [0.29, 0.717) is 5.88 Å². The predicted octanol–water partition coefficient (Wildman–Crippen LogP) is -0.560. The summed E-state index contributed by atoms with van der Waals surface area (Å²) < 4.78 is 4.81. The van der Waals surface area contributed by atoms with Gasteiger partial charge in [-0.1, -0.05) is 0 Å². The molecule has 3 N–H and O–H groups in total. The zero-order valence-electron chi connectivity index (χ0n) is 5.90. The Balaban J connectivity index is 2.23. The van der Waals surface area contributed by atoms with E-state index in [2.05, 4.69) is 10.3 Å². The number of aliphatic hydroxyl groups is 2. The van der Waals surface area contributed by atoms with Crippen LogP contribution in [0.3, 0.4) is 0 Å². The largest absolute Gasteiger partial charge is 0.428 e. The molecule has 0 saturated heterocycles. The van der Waals surface area contributed by atoms with Crippen molar-refractivity contribution in [2.75, 3.05) is 18.5 Å². The Labute approximate surface area is 63.7 Å². The van der Waals surface area contributed by atoms with Crippen molar-refractivity contribution in [2.24, 2.45) is 0 Å². The molecule has 0 aliphatic rings. The summed E-state index contributed by atoms with van der Waals surface area (Å²) in [5.74, 6) is 0.484. The molecule has 1 heterocycles. The van der Waals surface area contributed by atoms with Crippen LogP contribution in [0.2, 0.25) is 0 Å². The Morgan fingerprint density at radius 1 is 1.73 bits per heavy atom. The van der Waals surface area contributed by atoms with Gasteiger partial charge < -0.3 is 19.9 Å². The molecule has 1 unspecified atom stereocenters. The first-order valence-corrected chi connectivity index (χ1v) is 3.24. The molecule has 1 rings (SSSR count). The summed E-state index contributed by atoms with van der Waals surface area (Å²) in [5, 5.41) is 20.0. The molecule has 0 amide bonds. The van der Waals surface area contributed by atoms with Gasteiger partial charge >= 0.3 is 0 Å². The van der Waals surface area contributed by atoms with Crippen molar-refractivity contribution in [1.29, 1.82) is 0 Å². The summed E-state index contributed by atoms with van der Waals surface area (Å²) in [7, 11) is 0. The van der Waals surface area contributed by atoms with Crippen LogP contribution in [0.5, 0.6) is 0 Å². The SMILES string of the molecule is OCC(O)CNc1cnco1. The van der Waals surface area contributed by atoms with Gasteiger partial charge in [-0.05, 0) is 0 Å². The first-order chi connectivity index (χ1) is 5.33. The van der Waals surface area contributed by atoms with E-state index in [1.165, 1.54) is 12.6 Å². The minimum atomic E-state index is -0.764. The number of nitrogens with zero attached hydrogens (tertiary/aromatic N) is 1. The maximum atomic E-state index is 8.88. The van der Waals surface area contributed by atoms with Crippen LogP contribution in [0.25, 0.3) is 0 Å². The molecule has 5 nitrogen and oxygen atoms in total. The number of oxazole rings is 1. The van der Waals surface area contributed by atoms with E-state index in [4.69, 9.17) is 14.6 Å². The van der Waals surface area contributed by atoms with Gasteiger partial charge in [0.05, 0.1) is 18.9 Å². The molecule has 1 aromatic rings. The summed E-state index contributed by atoms with van der Waals surface area (Å²) in [5.41, 5.74) is 0. The average Bonchev–Trinajstić information content (AvgIpc) is 2.52. The molecule has 1 atom stereocenters. The number of aliphatic hydroxyl groups excluding tert-OH is 2. The fourth-order valence-corrected chi connectivity index (χ4v) is 0.586. The number of nitrogens with one attached hydrogen (secondary N) is 1. The number of hydrogen-bond donors (Lipinski definition) is 3. The van der Waals surface area contributed by atoms with Gasteiger partial charge in [-0.3, -0.25) is 0 Å². The van der Waals surface area contributed by atoms with E-state index in [1.54, 1.807) is 0 Å². The zero-order valence-corrected chi connectivity index (χ0v) is 5.90. The predicted molar refractivity (Wildman–Crippen MR) is 38.1 cm³/mol. The molecule has 0 saturated carbocycles. The molecule has 0 radical (unpaired) electrons. The van der Waals surface area contributed by atoms with E-state index in [1.807, 2.05) is 0 Å². The van der Waals surface area contributed by atoms with E-state index >= 15 is 0 Å². The van der Waals surface area contributed by atoms with Crippen molar-refractivity contribution in [1.82, 2.24) is 4.98 Å². The fraction of sp³-hybridized carbons (Fsp3) is 0.500. The maximum Gasteiger partial charge on any atom is 0.213 e. The molecule has 0 bridgehead atoms. The van der Waals surface area contributed by atoms with Crippen LogP contribution in [-0.2, 0) is 0 Å². The van der Waals surface area contributed by atoms with Crippen LogP contribution in [0.1, 0.15) is 0 Å². The standard InChI is InChI=1S/C6H10N2O3/c9-3-5(10)1-8-6-2-7-4-11-6/h2,4-5,8-10H,1,3H2. The third kappa shape index (κ3) is 2.57. The highest BCUT2D eigenvalue weighted by Gasteiger charge is 2.01. The van der Waals surface area contributed by atoms with E-state index in [0.717, 1.165) is 0 Å². The van der Waals surface area contributed by atoms with Crippen LogP contribution in [-0.4, -0.2) is 34.5 Å². The quantitative estimate of drug-likeness (QED) is 0.547. The highest BCUT2D eigenvalue weighted by Crippen LogP contribution is 2.02. The van der Waals surface area contributed by atoms with E-state index in [-0.39, 0.29) is 13.2 Å². The molecule has 0 aliphatic carbocycles. The van der Waals surface area contributed by atoms with Gasteiger partial charge in [-0.25, -0.2) is 4.98 Å². The van der Waals surface area contributed by atoms with Gasteiger partial charge in [0.25, 0.3) is 0 Å². The monoisotopic (exact) mass is 158 g/mol. The zero-order chi connectivity index (χ0) is 8.10. The topological polar surface area (TPSA) is 78.5 Å². The molecule has 11 heavy (non-hydrogen) atoms. The lowest BCUT2D eigenvalue weighted by Gasteiger charge is -2.06. The second-order valence-corrected chi connectivity index (χ2v) is 2.08. The smallest absolute Gasteiger partial charge is 0.213 e. The van der Waals surface area contributed by atoms with Gasteiger partial charge in [0.1, 0.15) is 0 Å². The van der Waals surface area contributed by atoms with Crippen LogP contribution in [0, 0.1) is 0 Å². The minimum Gasteiger partial charge on any atom is -0.428 e. The van der Waals surface area contributed by atoms with Crippen LogP contribution in [0.15, 0.2) is 17.0 Å². The van der Waals surface area contributed by atoms with Crippen molar-refractivity contribution >= 4 is 5.88 Å². The second kappa shape index (κ2) is 3.95. The number of rotatable bonds is 4. The highest BCUT2D eigenvalue weighted by atomic mass is 16.4. The highest BCUT2D eigenvalue weighted by molar-refractivity contribution is 5.25. The van der Waals surface area contributed by atoms with Crippen molar-refractivity contribution in [3.8, 4) is 0 Å². The molecular weight excluding hydrogens is 148 g/mol. The van der Waals surface area contributed by atoms with Crippen molar-refractivity contribution in [3.63, 3.8) is 0 Å². The third-order valence-corrected chi connectivity index (χ3v) is 1.15. The van der Waals surface area contributed by atoms with Gasteiger partial charge in [0, 0.05) is 6.54 Å². The summed E-state index contributed by atoms with van der Waals surface area (Å²) in [6.45, 7) is -0.00711. The van der Waals surface area contributed by atoms with Gasteiger partial charge in [-0.15, -0.1) is 0 Å². The molecule has 62 valence electrons. The second-order valence-electron chi connectivity index (χ2n) is 2.08. The van der Waals surface area contributed by atoms with Crippen molar-refractivity contribution in [2.45, 2.75) is 6.10 Å². The minimum absolute atomic E-state index is 0.256. The molecule has 0 fully saturated rings. The average molecular weight is 158 g/mol. The van der Waals surface area contributed by atoms with Crippen LogP contribution in [0.4, 0.5) is 5.88 Å². The lowest BCUT2D eigenvalue weighted by atomic mass is 10.4. The Morgan fingerprint density at radius 3 is 3.09 bits per heavy atom. The number of anilines is 1. The normalized spacial score (nSPS) is 12.9. The molecule has 0 spiro atoms. The Kier molecular flexibility index (Phi) is 2.88. The molecule has 0 aromatic carbocycles. The first-order valence-electron chi connectivity index (χ1n) is 3.24. The molecule has 1 aromatic heterocycles. The third-order valence-electron chi connectivity index (χ3n) is 1.15. The number of aromatic nitrogens is 1. The fourth-order valence-electron chi connectivity index (χ4n) is 0.586. The van der Waals surface area contributed by atoms with Crippen molar-refractivity contribution in [3.05, 3.63) is 12.6 Å². The van der Waals surface area contributed by atoms with Crippen molar-refractivity contribution < 1.29 is 14.6 Å². The van der Waals surface area contributed by atoms with Crippen LogP contribution < -0.4 is 5.32 Å². The Morgan fingerprint density at radius 2 is 2.55 bits per heavy atom. The lowest BCUT2D eigenvalue weighted by Crippen LogP contribution is -2.22. The first kappa shape index (κ1) is 8.03. The van der Waals surface area contributed by atoms with Gasteiger partial charge in [0.2, 0.25) is 5.88 Å². The summed E-state index contributed by atoms with van der Waals surface area (Å²) in [6, 6.07) is 0. The van der Waals surface area contributed by atoms with E-state index < -0.39 is 6.10 Å². The summed E-state index contributed by atoms with van der Waals surface area (Å²) in [4.78, 5) is 3.65. The molecule has 5 heteroatoms. The molecular formula is C6H10N2O3. The summed E-state index contributed by atoms with van der Waals surface area (Å²) in [6.07, 6.45) is 2.01. The lowest BCUT2D eigenvalue weighted by molar-refractivity contribution is 0.105.